The van der Waals surface area contributed by atoms with Crippen molar-refractivity contribution in [2.24, 2.45) is 7.05 Å². The van der Waals surface area contributed by atoms with Crippen molar-refractivity contribution in [2.75, 3.05) is 5.75 Å². The van der Waals surface area contributed by atoms with Gasteiger partial charge in [0.1, 0.15) is 0 Å². The Morgan fingerprint density at radius 1 is 1.23 bits per heavy atom. The molecule has 0 saturated carbocycles. The molecule has 31 heavy (non-hydrogen) atoms. The van der Waals surface area contributed by atoms with E-state index in [2.05, 4.69) is 27.8 Å². The number of nitrogens with zero attached hydrogens (tertiary/aromatic N) is 6. The second kappa shape index (κ2) is 10.4. The number of nitrogens with one attached hydrogen (secondary N) is 1. The summed E-state index contributed by atoms with van der Waals surface area (Å²) >= 11 is 1.21. The highest BCUT2D eigenvalue weighted by Gasteiger charge is 2.22. The molecule has 0 aliphatic carbocycles. The Labute approximate surface area is 185 Å². The van der Waals surface area contributed by atoms with Crippen LogP contribution in [0.25, 0.3) is 11.4 Å². The summed E-state index contributed by atoms with van der Waals surface area (Å²) in [5, 5.41) is 15.2. The highest BCUT2D eigenvalue weighted by atomic mass is 32.2. The molecule has 0 bridgehead atoms. The third-order valence-electron chi connectivity index (χ3n) is 5.16. The van der Waals surface area contributed by atoms with Crippen LogP contribution < -0.4 is 10.9 Å². The summed E-state index contributed by atoms with van der Waals surface area (Å²) in [7, 11) is 1.82. The fraction of sp³-hybridized carbons (Fsp3) is 0.476. The molecule has 2 aromatic heterocycles. The van der Waals surface area contributed by atoms with Crippen LogP contribution in [0.5, 0.6) is 0 Å². The first-order valence-corrected chi connectivity index (χ1v) is 11.5. The molecule has 0 aliphatic heterocycles. The third-order valence-corrected chi connectivity index (χ3v) is 6.08. The van der Waals surface area contributed by atoms with Crippen molar-refractivity contribution in [3.05, 3.63) is 46.4 Å². The van der Waals surface area contributed by atoms with Gasteiger partial charge in [-0.05, 0) is 42.8 Å². The zero-order valence-corrected chi connectivity index (χ0v) is 19.2. The highest BCUT2D eigenvalue weighted by molar-refractivity contribution is 7.99. The predicted molar refractivity (Wildman–Crippen MR) is 121 cm³/mol. The Hall–Kier alpha value is -2.88. The number of tetrazole rings is 1. The van der Waals surface area contributed by atoms with Crippen molar-refractivity contribution in [1.82, 2.24) is 34.9 Å². The Bertz CT molecular complexity index is 1070. The quantitative estimate of drug-likeness (QED) is 0.382. The zero-order valence-electron chi connectivity index (χ0n) is 18.4. The first-order valence-electron chi connectivity index (χ1n) is 10.5. The van der Waals surface area contributed by atoms with Gasteiger partial charge in [0, 0.05) is 13.1 Å². The molecule has 2 heterocycles. The number of amides is 1. The standard InChI is InChI=1S/C21H29N7O2S/c1-5-6-8-11-15(2)22-18(29)14-31-21-23-24-25-27(21)19-16(3)26(4)28(20(19)30)17-12-9-7-10-13-17/h7,9-10,12-13,15H,5-6,8,11,14H2,1-4H3,(H,22,29). The monoisotopic (exact) mass is 443 g/mol. The normalized spacial score (nSPS) is 12.1. The molecule has 10 heteroatoms. The van der Waals surface area contributed by atoms with E-state index in [0.717, 1.165) is 30.6 Å². The minimum absolute atomic E-state index is 0.0740. The number of benzene rings is 1. The van der Waals surface area contributed by atoms with Gasteiger partial charge in [0.2, 0.25) is 11.1 Å². The molecule has 1 aromatic carbocycles. The van der Waals surface area contributed by atoms with Crippen LogP contribution in [0.3, 0.4) is 0 Å². The van der Waals surface area contributed by atoms with Crippen molar-refractivity contribution in [3.63, 3.8) is 0 Å². The first-order chi connectivity index (χ1) is 14.9. The summed E-state index contributed by atoms with van der Waals surface area (Å²) < 4.78 is 4.76. The fourth-order valence-electron chi connectivity index (χ4n) is 3.43. The van der Waals surface area contributed by atoms with E-state index < -0.39 is 0 Å². The Morgan fingerprint density at radius 2 is 1.97 bits per heavy atom. The van der Waals surface area contributed by atoms with E-state index in [4.69, 9.17) is 0 Å². The van der Waals surface area contributed by atoms with Gasteiger partial charge in [0.05, 0.1) is 17.1 Å². The lowest BCUT2D eigenvalue weighted by atomic mass is 10.1. The minimum atomic E-state index is -0.227. The van der Waals surface area contributed by atoms with E-state index in [-0.39, 0.29) is 23.3 Å². The zero-order chi connectivity index (χ0) is 22.4. The smallest absolute Gasteiger partial charge is 0.297 e. The lowest BCUT2D eigenvalue weighted by molar-refractivity contribution is -0.119. The van der Waals surface area contributed by atoms with Crippen molar-refractivity contribution < 1.29 is 4.79 Å². The van der Waals surface area contributed by atoms with Gasteiger partial charge >= 0.3 is 0 Å². The minimum Gasteiger partial charge on any atom is -0.353 e. The van der Waals surface area contributed by atoms with Gasteiger partial charge in [0.25, 0.3) is 5.56 Å². The number of carbonyl (C=O) groups is 1. The van der Waals surface area contributed by atoms with E-state index >= 15 is 0 Å². The second-order valence-corrected chi connectivity index (χ2v) is 8.48. The molecule has 0 aliphatic rings. The van der Waals surface area contributed by atoms with Gasteiger partial charge in [-0.3, -0.25) is 14.3 Å². The van der Waals surface area contributed by atoms with E-state index in [0.29, 0.717) is 10.8 Å². The van der Waals surface area contributed by atoms with Crippen LogP contribution in [0.2, 0.25) is 0 Å². The number of aromatic nitrogens is 6. The fourth-order valence-corrected chi connectivity index (χ4v) is 4.11. The molecule has 1 unspecified atom stereocenters. The Kier molecular flexibility index (Phi) is 7.67. The topological polar surface area (TPSA) is 99.6 Å². The average Bonchev–Trinajstić information content (AvgIpc) is 3.29. The van der Waals surface area contributed by atoms with Crippen LogP contribution in [0, 0.1) is 6.92 Å². The van der Waals surface area contributed by atoms with E-state index in [9.17, 15) is 9.59 Å². The summed E-state index contributed by atoms with van der Waals surface area (Å²) in [6, 6.07) is 9.52. The number of unbranched alkanes of at least 4 members (excludes halogenated alkanes) is 2. The number of rotatable bonds is 10. The van der Waals surface area contributed by atoms with E-state index in [1.54, 1.807) is 9.36 Å². The number of hydrogen-bond acceptors (Lipinski definition) is 6. The van der Waals surface area contributed by atoms with Gasteiger partial charge in [-0.25, -0.2) is 4.68 Å². The summed E-state index contributed by atoms with van der Waals surface area (Å²) in [5.41, 5.74) is 1.61. The van der Waals surface area contributed by atoms with Crippen molar-refractivity contribution >= 4 is 17.7 Å². The summed E-state index contributed by atoms with van der Waals surface area (Å²) in [6.45, 7) is 6.02. The van der Waals surface area contributed by atoms with Crippen LogP contribution in [0.4, 0.5) is 0 Å². The number of carbonyl (C=O) groups excluding carboxylic acids is 1. The van der Waals surface area contributed by atoms with E-state index in [1.165, 1.54) is 22.9 Å². The SMILES string of the molecule is CCCCCC(C)NC(=O)CSc1nnnn1-c1c(C)n(C)n(-c2ccccc2)c1=O. The summed E-state index contributed by atoms with van der Waals surface area (Å²) in [6.07, 6.45) is 4.39. The van der Waals surface area contributed by atoms with Crippen LogP contribution in [0.15, 0.2) is 40.3 Å². The Balaban J connectivity index is 1.75. The van der Waals surface area contributed by atoms with E-state index in [1.807, 2.05) is 51.2 Å². The molecule has 3 aromatic rings. The number of para-hydroxylation sites is 1. The molecule has 1 amide bonds. The van der Waals surface area contributed by atoms with Gasteiger partial charge in [0.15, 0.2) is 5.69 Å². The molecule has 3 rings (SSSR count). The molecule has 0 spiro atoms. The molecule has 1 atom stereocenters. The van der Waals surface area contributed by atoms with Crippen LogP contribution in [-0.2, 0) is 11.8 Å². The Morgan fingerprint density at radius 3 is 2.68 bits per heavy atom. The van der Waals surface area contributed by atoms with Crippen LogP contribution >= 0.6 is 11.8 Å². The largest absolute Gasteiger partial charge is 0.353 e. The van der Waals surface area contributed by atoms with Gasteiger partial charge in [-0.1, -0.05) is 56.1 Å². The lowest BCUT2D eigenvalue weighted by Gasteiger charge is -2.13. The maximum Gasteiger partial charge on any atom is 0.297 e. The molecule has 9 nitrogen and oxygen atoms in total. The predicted octanol–water partition coefficient (Wildman–Crippen LogP) is 2.64. The third kappa shape index (κ3) is 5.25. The van der Waals surface area contributed by atoms with Crippen LogP contribution in [0.1, 0.15) is 45.2 Å². The van der Waals surface area contributed by atoms with Gasteiger partial charge in [-0.15, -0.1) is 5.10 Å². The average molecular weight is 444 g/mol. The number of hydrogen-bond donors (Lipinski definition) is 1. The molecular weight excluding hydrogens is 414 g/mol. The first kappa shape index (κ1) is 22.8. The molecule has 0 fully saturated rings. The van der Waals surface area contributed by atoms with Crippen molar-refractivity contribution in [2.45, 2.75) is 57.7 Å². The molecule has 0 radical (unpaired) electrons. The number of thioether (sulfide) groups is 1. The molecule has 1 N–H and O–H groups in total. The maximum absolute atomic E-state index is 13.2. The van der Waals surface area contributed by atoms with Crippen LogP contribution in [-0.4, -0.2) is 47.3 Å². The summed E-state index contributed by atoms with van der Waals surface area (Å²) in [4.78, 5) is 25.5. The van der Waals surface area contributed by atoms with Gasteiger partial charge < -0.3 is 5.32 Å². The highest BCUT2D eigenvalue weighted by Crippen LogP contribution is 2.20. The second-order valence-electron chi connectivity index (χ2n) is 7.54. The van der Waals surface area contributed by atoms with Gasteiger partial charge in [-0.2, -0.15) is 4.68 Å². The molecule has 166 valence electrons. The van der Waals surface area contributed by atoms with Crippen molar-refractivity contribution in [1.29, 1.82) is 0 Å². The van der Waals surface area contributed by atoms with Crippen molar-refractivity contribution in [3.8, 4) is 11.4 Å². The summed E-state index contributed by atoms with van der Waals surface area (Å²) in [5.74, 6) is 0.104. The molecular formula is C21H29N7O2S. The maximum atomic E-state index is 13.2. The lowest BCUT2D eigenvalue weighted by Crippen LogP contribution is -2.33. The molecule has 0 saturated heterocycles.